The van der Waals surface area contributed by atoms with E-state index in [1.807, 2.05) is 38.1 Å². The van der Waals surface area contributed by atoms with E-state index in [4.69, 9.17) is 9.15 Å². The number of rotatable bonds is 7. The van der Waals surface area contributed by atoms with Crippen molar-refractivity contribution >= 4 is 33.3 Å². The maximum atomic E-state index is 14.0. The number of anilines is 1. The van der Waals surface area contributed by atoms with Crippen molar-refractivity contribution in [3.05, 3.63) is 86.0 Å². The van der Waals surface area contributed by atoms with Crippen molar-refractivity contribution in [2.75, 3.05) is 11.5 Å². The van der Waals surface area contributed by atoms with Gasteiger partial charge in [-0.2, -0.15) is 0 Å². The molecule has 1 aliphatic rings. The van der Waals surface area contributed by atoms with E-state index < -0.39 is 23.2 Å². The Morgan fingerprint density at radius 1 is 1.11 bits per heavy atom. The molecule has 0 saturated heterocycles. The van der Waals surface area contributed by atoms with Crippen molar-refractivity contribution in [1.29, 1.82) is 0 Å². The molecule has 4 aromatic rings. The Labute approximate surface area is 206 Å². The first-order chi connectivity index (χ1) is 16.9. The average molecular weight is 493 g/mol. The van der Waals surface area contributed by atoms with Crippen LogP contribution in [0.5, 0.6) is 5.75 Å². The third-order valence-electron chi connectivity index (χ3n) is 6.27. The lowest BCUT2D eigenvalue weighted by molar-refractivity contribution is 0.0971. The molecule has 1 aliphatic heterocycles. The van der Waals surface area contributed by atoms with Gasteiger partial charge in [0, 0.05) is 4.88 Å². The molecule has 35 heavy (non-hydrogen) atoms. The minimum Gasteiger partial charge on any atom is -0.494 e. The SMILES string of the molecule is CCCCCOc1ccc(C2c3c(oc4ccc(F)cc4c3=O)C(=O)N2c2nc(C)c(C)s2)cc1. The maximum Gasteiger partial charge on any atom is 0.297 e. The zero-order valence-electron chi connectivity index (χ0n) is 19.8. The Morgan fingerprint density at radius 3 is 2.57 bits per heavy atom. The zero-order valence-corrected chi connectivity index (χ0v) is 20.6. The number of carbonyl (C=O) groups excluding carboxylic acids is 1. The second kappa shape index (κ2) is 9.26. The molecule has 2 aromatic carbocycles. The molecule has 5 rings (SSSR count). The monoisotopic (exact) mass is 492 g/mol. The number of aromatic nitrogens is 1. The molecule has 0 saturated carbocycles. The molecule has 8 heteroatoms. The van der Waals surface area contributed by atoms with Crippen LogP contribution in [0.3, 0.4) is 0 Å². The topological polar surface area (TPSA) is 72.6 Å². The van der Waals surface area contributed by atoms with Gasteiger partial charge in [-0.15, -0.1) is 11.3 Å². The third-order valence-corrected chi connectivity index (χ3v) is 7.34. The second-order valence-corrected chi connectivity index (χ2v) is 9.84. The largest absolute Gasteiger partial charge is 0.494 e. The highest BCUT2D eigenvalue weighted by Gasteiger charge is 2.45. The van der Waals surface area contributed by atoms with Gasteiger partial charge in [0.2, 0.25) is 5.76 Å². The number of hydrogen-bond acceptors (Lipinski definition) is 6. The van der Waals surface area contributed by atoms with Crippen LogP contribution in [0.2, 0.25) is 0 Å². The number of ether oxygens (including phenoxy) is 1. The molecule has 0 N–H and O–H groups in total. The van der Waals surface area contributed by atoms with E-state index in [9.17, 15) is 14.0 Å². The fourth-order valence-corrected chi connectivity index (χ4v) is 5.24. The van der Waals surface area contributed by atoms with E-state index in [2.05, 4.69) is 11.9 Å². The lowest BCUT2D eigenvalue weighted by Crippen LogP contribution is -2.29. The lowest BCUT2D eigenvalue weighted by atomic mass is 9.98. The molecule has 0 fully saturated rings. The normalized spacial score (nSPS) is 15.1. The molecule has 1 atom stereocenters. The average Bonchev–Trinajstić information content (AvgIpc) is 3.33. The Bertz CT molecular complexity index is 1460. The smallest absolute Gasteiger partial charge is 0.297 e. The van der Waals surface area contributed by atoms with Crippen LogP contribution in [0.1, 0.15) is 64.5 Å². The quantitative estimate of drug-likeness (QED) is 0.282. The second-order valence-electron chi connectivity index (χ2n) is 8.65. The Hall–Kier alpha value is -3.52. The molecule has 0 aliphatic carbocycles. The van der Waals surface area contributed by atoms with Gasteiger partial charge in [-0.25, -0.2) is 9.37 Å². The number of aryl methyl sites for hydroxylation is 2. The van der Waals surface area contributed by atoms with Crippen molar-refractivity contribution in [2.45, 2.75) is 46.1 Å². The molecule has 1 unspecified atom stereocenters. The fraction of sp³-hybridized carbons (Fsp3) is 0.296. The van der Waals surface area contributed by atoms with E-state index in [0.717, 1.165) is 41.6 Å². The molecule has 180 valence electrons. The van der Waals surface area contributed by atoms with Gasteiger partial charge in [0.15, 0.2) is 10.6 Å². The molecule has 1 amide bonds. The number of thiazole rings is 1. The summed E-state index contributed by atoms with van der Waals surface area (Å²) in [6.45, 7) is 6.58. The summed E-state index contributed by atoms with van der Waals surface area (Å²) in [4.78, 5) is 34.2. The van der Waals surface area contributed by atoms with Gasteiger partial charge in [-0.1, -0.05) is 31.9 Å². The summed E-state index contributed by atoms with van der Waals surface area (Å²) >= 11 is 1.38. The Kier molecular flexibility index (Phi) is 6.15. The molecule has 6 nitrogen and oxygen atoms in total. The summed E-state index contributed by atoms with van der Waals surface area (Å²) in [6, 6.07) is 10.3. The van der Waals surface area contributed by atoms with Crippen molar-refractivity contribution in [3.63, 3.8) is 0 Å². The van der Waals surface area contributed by atoms with E-state index in [1.165, 1.54) is 28.4 Å². The van der Waals surface area contributed by atoms with Gasteiger partial charge >= 0.3 is 0 Å². The Morgan fingerprint density at radius 2 is 1.89 bits per heavy atom. The van der Waals surface area contributed by atoms with E-state index in [0.29, 0.717) is 17.3 Å². The van der Waals surface area contributed by atoms with Crippen molar-refractivity contribution < 1.29 is 18.3 Å². The number of hydrogen-bond donors (Lipinski definition) is 0. The first kappa shape index (κ1) is 23.2. The summed E-state index contributed by atoms with van der Waals surface area (Å²) in [7, 11) is 0. The Balaban J connectivity index is 1.63. The molecule has 3 heterocycles. The number of nitrogens with zero attached hydrogens (tertiary/aromatic N) is 2. The molecule has 2 aromatic heterocycles. The lowest BCUT2D eigenvalue weighted by Gasteiger charge is -2.22. The number of halogens is 1. The summed E-state index contributed by atoms with van der Waals surface area (Å²) in [5.74, 6) is -0.306. The van der Waals surface area contributed by atoms with Gasteiger partial charge in [-0.05, 0) is 56.2 Å². The summed E-state index contributed by atoms with van der Waals surface area (Å²) in [6.07, 6.45) is 3.19. The number of amides is 1. The van der Waals surface area contributed by atoms with Crippen LogP contribution in [0.25, 0.3) is 11.0 Å². The van der Waals surface area contributed by atoms with Crippen molar-refractivity contribution in [3.8, 4) is 5.75 Å². The van der Waals surface area contributed by atoms with Crippen LogP contribution in [-0.4, -0.2) is 17.5 Å². The van der Waals surface area contributed by atoms with Gasteiger partial charge in [0.05, 0.1) is 29.3 Å². The summed E-state index contributed by atoms with van der Waals surface area (Å²) in [5.41, 5.74) is 1.47. The highest BCUT2D eigenvalue weighted by Crippen LogP contribution is 2.43. The highest BCUT2D eigenvalue weighted by atomic mass is 32.1. The van der Waals surface area contributed by atoms with Crippen LogP contribution in [-0.2, 0) is 0 Å². The van der Waals surface area contributed by atoms with E-state index in [-0.39, 0.29) is 22.3 Å². The third kappa shape index (κ3) is 4.12. The van der Waals surface area contributed by atoms with E-state index in [1.54, 1.807) is 0 Å². The zero-order chi connectivity index (χ0) is 24.7. The van der Waals surface area contributed by atoms with Gasteiger partial charge in [0.1, 0.15) is 17.1 Å². The minimum absolute atomic E-state index is 0.0375. The van der Waals surface area contributed by atoms with Crippen LogP contribution in [0.4, 0.5) is 9.52 Å². The predicted molar refractivity (Wildman–Crippen MR) is 134 cm³/mol. The van der Waals surface area contributed by atoms with Gasteiger partial charge < -0.3 is 9.15 Å². The summed E-state index contributed by atoms with van der Waals surface area (Å²) in [5, 5.41) is 0.585. The standard InChI is InChI=1S/C27H25FN2O4S/c1-4-5-6-13-33-19-10-7-17(8-11-19)23-22-24(31)20-14-18(28)9-12-21(20)34-25(22)26(32)30(23)27-29-15(2)16(3)35-27/h7-12,14,23H,4-6,13H2,1-3H3. The molecule has 0 spiro atoms. The van der Waals surface area contributed by atoms with Crippen LogP contribution in [0, 0.1) is 19.7 Å². The summed E-state index contributed by atoms with van der Waals surface area (Å²) < 4.78 is 25.7. The maximum absolute atomic E-state index is 14.0. The number of carbonyl (C=O) groups is 1. The van der Waals surface area contributed by atoms with Crippen LogP contribution >= 0.6 is 11.3 Å². The first-order valence-electron chi connectivity index (χ1n) is 11.7. The molecule has 0 bridgehead atoms. The fourth-order valence-electron chi connectivity index (χ4n) is 4.31. The van der Waals surface area contributed by atoms with Crippen molar-refractivity contribution in [2.24, 2.45) is 0 Å². The van der Waals surface area contributed by atoms with Gasteiger partial charge in [-0.3, -0.25) is 14.5 Å². The van der Waals surface area contributed by atoms with Crippen LogP contribution < -0.4 is 15.1 Å². The van der Waals surface area contributed by atoms with Gasteiger partial charge in [0.25, 0.3) is 5.91 Å². The molecular weight excluding hydrogens is 467 g/mol. The first-order valence-corrected chi connectivity index (χ1v) is 12.5. The highest BCUT2D eigenvalue weighted by molar-refractivity contribution is 7.15. The van der Waals surface area contributed by atoms with E-state index >= 15 is 0 Å². The number of unbranched alkanes of at least 4 members (excludes halogenated alkanes) is 2. The van der Waals surface area contributed by atoms with Crippen molar-refractivity contribution in [1.82, 2.24) is 4.98 Å². The van der Waals surface area contributed by atoms with Crippen LogP contribution in [0.15, 0.2) is 51.7 Å². The molecular formula is C27H25FN2O4S. The predicted octanol–water partition coefficient (Wildman–Crippen LogP) is 6.32. The minimum atomic E-state index is -0.750. The number of fused-ring (bicyclic) bond motifs is 2. The number of benzene rings is 2. The molecule has 0 radical (unpaired) electrons.